The topological polar surface area (TPSA) is 48.9 Å². The second-order valence-electron chi connectivity index (χ2n) is 6.99. The van der Waals surface area contributed by atoms with Crippen LogP contribution in [0.25, 0.3) is 0 Å². The zero-order valence-electron chi connectivity index (χ0n) is 16.2. The van der Waals surface area contributed by atoms with E-state index in [9.17, 15) is 0 Å². The summed E-state index contributed by atoms with van der Waals surface area (Å²) in [5, 5.41) is 7.69. The number of rotatable bonds is 7. The van der Waals surface area contributed by atoms with E-state index < -0.39 is 0 Å². The summed E-state index contributed by atoms with van der Waals surface area (Å²) in [5.41, 5.74) is 1.25. The first kappa shape index (κ1) is 21.4. The van der Waals surface area contributed by atoms with E-state index in [1.807, 2.05) is 30.9 Å². The molecule has 1 aromatic rings. The molecular weight excluding hydrogens is 368 g/mol. The molecule has 0 bridgehead atoms. The monoisotopic (exact) mass is 398 g/mol. The molecular formula is C19H31ClN4OS. The fourth-order valence-corrected chi connectivity index (χ4v) is 3.16. The normalized spacial score (nSPS) is 17.8. The minimum atomic E-state index is 0.164. The van der Waals surface area contributed by atoms with Gasteiger partial charge in [0.1, 0.15) is 0 Å². The second-order valence-corrected chi connectivity index (χ2v) is 8.94. The molecule has 26 heavy (non-hydrogen) atoms. The van der Waals surface area contributed by atoms with Crippen LogP contribution in [0, 0.1) is 0 Å². The van der Waals surface area contributed by atoms with Crippen molar-refractivity contribution in [1.29, 1.82) is 0 Å². The fraction of sp³-hybridized carbons (Fsp3) is 0.632. The minimum absolute atomic E-state index is 0.164. The van der Waals surface area contributed by atoms with Gasteiger partial charge in [-0.05, 0) is 37.8 Å². The molecule has 2 N–H and O–H groups in total. The molecule has 1 atom stereocenters. The molecule has 0 radical (unpaired) electrons. The first-order valence-corrected chi connectivity index (χ1v) is 10.6. The van der Waals surface area contributed by atoms with E-state index in [1.165, 1.54) is 5.56 Å². The second kappa shape index (κ2) is 10.4. The zero-order valence-corrected chi connectivity index (χ0v) is 17.8. The van der Waals surface area contributed by atoms with Crippen LogP contribution in [0.2, 0.25) is 5.02 Å². The number of thioether (sulfide) groups is 1. The van der Waals surface area contributed by atoms with Crippen molar-refractivity contribution in [1.82, 2.24) is 15.5 Å². The summed E-state index contributed by atoms with van der Waals surface area (Å²) in [6.45, 7) is 9.50. The highest BCUT2D eigenvalue weighted by molar-refractivity contribution is 7.99. The summed E-state index contributed by atoms with van der Waals surface area (Å²) in [6, 6.07) is 8.38. The number of aliphatic imine (C=N–C) groups is 1. The van der Waals surface area contributed by atoms with Crippen LogP contribution < -0.4 is 10.6 Å². The summed E-state index contributed by atoms with van der Waals surface area (Å²) in [4.78, 5) is 6.83. The molecule has 1 fully saturated rings. The molecule has 0 aliphatic carbocycles. The van der Waals surface area contributed by atoms with Crippen LogP contribution in [0.4, 0.5) is 0 Å². The van der Waals surface area contributed by atoms with Crippen LogP contribution in [0.15, 0.2) is 29.3 Å². The van der Waals surface area contributed by atoms with Crippen molar-refractivity contribution < 1.29 is 4.74 Å². The van der Waals surface area contributed by atoms with Gasteiger partial charge in [-0.1, -0.05) is 23.7 Å². The van der Waals surface area contributed by atoms with Crippen molar-refractivity contribution in [3.8, 4) is 0 Å². The molecule has 0 amide bonds. The lowest BCUT2D eigenvalue weighted by Gasteiger charge is -2.35. The number of nitrogens with one attached hydrogen (secondary N) is 2. The van der Waals surface area contributed by atoms with E-state index in [2.05, 4.69) is 52.8 Å². The van der Waals surface area contributed by atoms with Crippen molar-refractivity contribution >= 4 is 29.3 Å². The van der Waals surface area contributed by atoms with Gasteiger partial charge >= 0.3 is 0 Å². The number of halogens is 1. The Morgan fingerprint density at radius 3 is 2.50 bits per heavy atom. The molecule has 146 valence electrons. The van der Waals surface area contributed by atoms with Crippen molar-refractivity contribution in [3.05, 3.63) is 34.9 Å². The van der Waals surface area contributed by atoms with Gasteiger partial charge in [-0.15, -0.1) is 0 Å². The fourth-order valence-electron chi connectivity index (χ4n) is 2.81. The van der Waals surface area contributed by atoms with Gasteiger partial charge in [0.15, 0.2) is 5.96 Å². The number of hydrogen-bond donors (Lipinski definition) is 2. The van der Waals surface area contributed by atoms with E-state index in [1.54, 1.807) is 0 Å². The zero-order chi connectivity index (χ0) is 19.0. The van der Waals surface area contributed by atoms with Crippen molar-refractivity contribution in [2.24, 2.45) is 4.99 Å². The lowest BCUT2D eigenvalue weighted by atomic mass is 10.0. The number of benzene rings is 1. The molecule has 2 rings (SSSR count). The van der Waals surface area contributed by atoms with Gasteiger partial charge in [0.2, 0.25) is 0 Å². The Hall–Kier alpha value is -0.950. The Kier molecular flexibility index (Phi) is 8.54. The summed E-state index contributed by atoms with van der Waals surface area (Å²) < 4.78 is 5.68. The molecule has 7 heteroatoms. The Morgan fingerprint density at radius 1 is 1.27 bits per heavy atom. The average molecular weight is 399 g/mol. The molecule has 1 saturated heterocycles. The highest BCUT2D eigenvalue weighted by Gasteiger charge is 2.23. The summed E-state index contributed by atoms with van der Waals surface area (Å²) in [5.74, 6) is 0.833. The quantitative estimate of drug-likeness (QED) is 0.546. The number of hydrogen-bond acceptors (Lipinski definition) is 4. The SMILES string of the molecule is CN=C(NCC(c1ccc(Cl)cc1)N1CCOCC1)NCC(C)(C)SC. The van der Waals surface area contributed by atoms with E-state index in [-0.39, 0.29) is 10.8 Å². The Labute approximate surface area is 166 Å². The third-order valence-electron chi connectivity index (χ3n) is 4.66. The summed E-state index contributed by atoms with van der Waals surface area (Å²) in [6.07, 6.45) is 2.13. The highest BCUT2D eigenvalue weighted by Crippen LogP contribution is 2.23. The predicted octanol–water partition coefficient (Wildman–Crippen LogP) is 3.02. The van der Waals surface area contributed by atoms with Gasteiger partial charge in [0, 0.05) is 43.0 Å². The van der Waals surface area contributed by atoms with E-state index in [0.29, 0.717) is 0 Å². The van der Waals surface area contributed by atoms with Crippen molar-refractivity contribution in [2.75, 3.05) is 52.7 Å². The number of nitrogens with zero attached hydrogens (tertiary/aromatic N) is 2. The van der Waals surface area contributed by atoms with Crippen LogP contribution in [0.3, 0.4) is 0 Å². The third-order valence-corrected chi connectivity index (χ3v) is 6.16. The lowest BCUT2D eigenvalue weighted by Crippen LogP contribution is -2.48. The minimum Gasteiger partial charge on any atom is -0.379 e. The standard InChI is InChI=1S/C19H31ClN4OS/c1-19(2,26-4)14-23-18(21-3)22-13-17(24-9-11-25-12-10-24)15-5-7-16(20)8-6-15/h5-8,17H,9-14H2,1-4H3,(H2,21,22,23). The van der Waals surface area contributed by atoms with Gasteiger partial charge in [-0.25, -0.2) is 0 Å². The number of guanidine groups is 1. The average Bonchev–Trinajstić information content (AvgIpc) is 2.66. The predicted molar refractivity (Wildman–Crippen MR) is 114 cm³/mol. The molecule has 0 aromatic heterocycles. The van der Waals surface area contributed by atoms with Crippen molar-refractivity contribution in [2.45, 2.75) is 24.6 Å². The first-order valence-electron chi connectivity index (χ1n) is 9.02. The maximum atomic E-state index is 6.07. The van der Waals surface area contributed by atoms with E-state index >= 15 is 0 Å². The molecule has 0 spiro atoms. The Bertz CT molecular complexity index is 573. The van der Waals surface area contributed by atoms with Crippen LogP contribution in [-0.2, 0) is 4.74 Å². The number of morpholine rings is 1. The Balaban J connectivity index is 2.02. The smallest absolute Gasteiger partial charge is 0.191 e. The van der Waals surface area contributed by atoms with Gasteiger partial charge in [0.25, 0.3) is 0 Å². The molecule has 1 heterocycles. The highest BCUT2D eigenvalue weighted by atomic mass is 35.5. The van der Waals surface area contributed by atoms with Crippen LogP contribution in [0.1, 0.15) is 25.5 Å². The van der Waals surface area contributed by atoms with Gasteiger partial charge in [-0.3, -0.25) is 9.89 Å². The van der Waals surface area contributed by atoms with Crippen LogP contribution in [0.5, 0.6) is 0 Å². The van der Waals surface area contributed by atoms with Crippen LogP contribution in [-0.4, -0.2) is 68.3 Å². The molecule has 1 aromatic carbocycles. The Morgan fingerprint density at radius 2 is 1.92 bits per heavy atom. The molecule has 0 saturated carbocycles. The van der Waals surface area contributed by atoms with E-state index in [4.69, 9.17) is 16.3 Å². The number of ether oxygens (including phenoxy) is 1. The third kappa shape index (κ3) is 6.65. The molecule has 1 aliphatic rings. The van der Waals surface area contributed by atoms with Crippen LogP contribution >= 0.6 is 23.4 Å². The first-order chi connectivity index (χ1) is 12.4. The largest absolute Gasteiger partial charge is 0.379 e. The van der Waals surface area contributed by atoms with Gasteiger partial charge < -0.3 is 15.4 Å². The molecule has 1 aliphatic heterocycles. The maximum absolute atomic E-state index is 6.07. The maximum Gasteiger partial charge on any atom is 0.191 e. The van der Waals surface area contributed by atoms with Gasteiger partial charge in [-0.2, -0.15) is 11.8 Å². The summed E-state index contributed by atoms with van der Waals surface area (Å²) >= 11 is 7.91. The summed E-state index contributed by atoms with van der Waals surface area (Å²) in [7, 11) is 1.81. The lowest BCUT2D eigenvalue weighted by molar-refractivity contribution is 0.0170. The molecule has 1 unspecified atom stereocenters. The molecule has 5 nitrogen and oxygen atoms in total. The van der Waals surface area contributed by atoms with E-state index in [0.717, 1.165) is 50.4 Å². The van der Waals surface area contributed by atoms with Gasteiger partial charge in [0.05, 0.1) is 19.3 Å². The van der Waals surface area contributed by atoms with Crippen molar-refractivity contribution in [3.63, 3.8) is 0 Å².